The largest absolute Gasteiger partial charge is 0.491 e. The predicted octanol–water partition coefficient (Wildman–Crippen LogP) is 4.54. The second-order valence-corrected chi connectivity index (χ2v) is 11.3. The van der Waals surface area contributed by atoms with E-state index in [1.165, 1.54) is 16.9 Å². The number of hydrogen-bond donors (Lipinski definition) is 2. The van der Waals surface area contributed by atoms with Crippen LogP contribution in [0.25, 0.3) is 21.5 Å². The van der Waals surface area contributed by atoms with Gasteiger partial charge in [0.25, 0.3) is 0 Å². The number of benzene rings is 1. The number of pyridine rings is 1. The van der Waals surface area contributed by atoms with Crippen molar-refractivity contribution in [1.29, 1.82) is 0 Å². The molecule has 0 unspecified atom stereocenters. The maximum absolute atomic E-state index is 6.15. The number of aryl methyl sites for hydroxylation is 2. The van der Waals surface area contributed by atoms with Crippen molar-refractivity contribution in [2.45, 2.75) is 46.6 Å². The average Bonchev–Trinajstić information content (AvgIpc) is 3.07. The second kappa shape index (κ2) is 8.05. The minimum atomic E-state index is 0.219. The Hall–Kier alpha value is -3.46. The highest BCUT2D eigenvalue weighted by molar-refractivity contribution is 7.21. The molecule has 0 saturated heterocycles. The molecule has 1 aliphatic carbocycles. The summed E-state index contributed by atoms with van der Waals surface area (Å²) in [6.07, 6.45) is 4.90. The summed E-state index contributed by atoms with van der Waals surface area (Å²) >= 11 is 1.41. The number of fused-ring (bicyclic) bond motifs is 3. The fourth-order valence-electron chi connectivity index (χ4n) is 5.25. The van der Waals surface area contributed by atoms with Crippen LogP contribution < -0.4 is 21.1 Å². The number of anilines is 3. The fraction of sp³-hybridized carbons (Fsp3) is 0.385. The zero-order valence-corrected chi connectivity index (χ0v) is 21.1. The Kier molecular flexibility index (Phi) is 5.07. The molecule has 0 spiro atoms. The highest BCUT2D eigenvalue weighted by atomic mass is 32.1. The molecule has 1 aromatic carbocycles. The van der Waals surface area contributed by atoms with Gasteiger partial charge in [0.15, 0.2) is 5.13 Å². The molecule has 0 fully saturated rings. The van der Waals surface area contributed by atoms with Crippen molar-refractivity contribution in [2.24, 2.45) is 5.41 Å². The Bertz CT molecular complexity index is 1460. The molecule has 9 heteroatoms. The SMILES string of the molecule is Cc1c(-c2ccc3c(c2)CN(c2nc(N)nc4c2CC(C)(C)CC4)CCO3)cnc2sc(N)nc12. The van der Waals surface area contributed by atoms with Crippen LogP contribution in [-0.2, 0) is 19.4 Å². The van der Waals surface area contributed by atoms with Gasteiger partial charge < -0.3 is 21.1 Å². The lowest BCUT2D eigenvalue weighted by Gasteiger charge is -2.34. The summed E-state index contributed by atoms with van der Waals surface area (Å²) in [6.45, 7) is 8.70. The van der Waals surface area contributed by atoms with Gasteiger partial charge in [0.05, 0.1) is 12.2 Å². The summed E-state index contributed by atoms with van der Waals surface area (Å²) in [7, 11) is 0. The van der Waals surface area contributed by atoms with E-state index in [4.69, 9.17) is 21.2 Å². The van der Waals surface area contributed by atoms with E-state index in [1.807, 2.05) is 6.20 Å². The van der Waals surface area contributed by atoms with Crippen molar-refractivity contribution in [3.8, 4) is 16.9 Å². The standard InChI is InChI=1S/C26H29N7OS/c1-14-18(12-29-23-21(14)31-25(28)35-23)15-4-5-20-16(10-15)13-33(8-9-34-20)22-17-11-26(2,3)7-6-19(17)30-24(27)32-22/h4-5,10,12H,6-9,11,13H2,1-3H3,(H2,28,31)(H2,27,30,32). The van der Waals surface area contributed by atoms with Gasteiger partial charge in [-0.1, -0.05) is 31.3 Å². The summed E-state index contributed by atoms with van der Waals surface area (Å²) in [5.41, 5.74) is 19.8. The molecule has 4 heterocycles. The smallest absolute Gasteiger partial charge is 0.222 e. The Morgan fingerprint density at radius 2 is 2.00 bits per heavy atom. The van der Waals surface area contributed by atoms with Crippen LogP contribution in [0, 0.1) is 12.3 Å². The molecule has 35 heavy (non-hydrogen) atoms. The van der Waals surface area contributed by atoms with E-state index >= 15 is 0 Å². The van der Waals surface area contributed by atoms with Gasteiger partial charge in [-0.2, -0.15) is 4.98 Å². The number of nitrogen functional groups attached to an aromatic ring is 2. The molecule has 0 bridgehead atoms. The number of nitrogens with zero attached hydrogens (tertiary/aromatic N) is 5. The average molecular weight is 488 g/mol. The van der Waals surface area contributed by atoms with Gasteiger partial charge in [-0.3, -0.25) is 0 Å². The Morgan fingerprint density at radius 3 is 2.86 bits per heavy atom. The molecule has 1 aliphatic heterocycles. The zero-order chi connectivity index (χ0) is 24.3. The van der Waals surface area contributed by atoms with Crippen LogP contribution >= 0.6 is 11.3 Å². The maximum Gasteiger partial charge on any atom is 0.222 e. The first-order valence-corrected chi connectivity index (χ1v) is 12.8. The molecule has 0 saturated carbocycles. The molecule has 180 valence electrons. The summed E-state index contributed by atoms with van der Waals surface area (Å²) in [6, 6.07) is 6.34. The Morgan fingerprint density at radius 1 is 1.14 bits per heavy atom. The van der Waals surface area contributed by atoms with Crippen molar-refractivity contribution in [2.75, 3.05) is 29.5 Å². The van der Waals surface area contributed by atoms with Crippen LogP contribution in [0.2, 0.25) is 0 Å². The lowest BCUT2D eigenvalue weighted by Crippen LogP contribution is -2.31. The van der Waals surface area contributed by atoms with Crippen LogP contribution in [0.5, 0.6) is 5.75 Å². The molecule has 0 amide bonds. The van der Waals surface area contributed by atoms with Crippen molar-refractivity contribution in [1.82, 2.24) is 19.9 Å². The number of ether oxygens (including phenoxy) is 1. The molecular formula is C26H29N7OS. The van der Waals surface area contributed by atoms with Gasteiger partial charge in [-0.05, 0) is 54.9 Å². The highest BCUT2D eigenvalue weighted by Crippen LogP contribution is 2.40. The highest BCUT2D eigenvalue weighted by Gasteiger charge is 2.31. The normalized spacial score (nSPS) is 16.9. The van der Waals surface area contributed by atoms with E-state index in [9.17, 15) is 0 Å². The predicted molar refractivity (Wildman–Crippen MR) is 141 cm³/mol. The summed E-state index contributed by atoms with van der Waals surface area (Å²) in [5.74, 6) is 2.19. The number of nitrogens with two attached hydrogens (primary N) is 2. The topological polar surface area (TPSA) is 116 Å². The Balaban J connectivity index is 1.40. The molecule has 2 aliphatic rings. The Labute approximate surface area is 208 Å². The van der Waals surface area contributed by atoms with Gasteiger partial charge >= 0.3 is 0 Å². The molecule has 6 rings (SSSR count). The molecule has 4 N–H and O–H groups in total. The fourth-order valence-corrected chi connectivity index (χ4v) is 5.99. The molecule has 3 aromatic heterocycles. The van der Waals surface area contributed by atoms with E-state index in [0.29, 0.717) is 24.2 Å². The van der Waals surface area contributed by atoms with Crippen LogP contribution in [0.15, 0.2) is 24.4 Å². The summed E-state index contributed by atoms with van der Waals surface area (Å²) in [5, 5.41) is 0.536. The first-order valence-electron chi connectivity index (χ1n) is 12.0. The van der Waals surface area contributed by atoms with Gasteiger partial charge in [-0.15, -0.1) is 0 Å². The molecule has 0 radical (unpaired) electrons. The monoisotopic (exact) mass is 487 g/mol. The molecule has 4 aromatic rings. The third-order valence-electron chi connectivity index (χ3n) is 7.13. The first-order chi connectivity index (χ1) is 16.8. The minimum Gasteiger partial charge on any atom is -0.491 e. The van der Waals surface area contributed by atoms with Crippen molar-refractivity contribution in [3.63, 3.8) is 0 Å². The van der Waals surface area contributed by atoms with Gasteiger partial charge in [0.2, 0.25) is 5.95 Å². The molecule has 0 atom stereocenters. The summed E-state index contributed by atoms with van der Waals surface area (Å²) in [4.78, 5) is 21.6. The number of hydrogen-bond acceptors (Lipinski definition) is 9. The second-order valence-electron chi connectivity index (χ2n) is 10.3. The van der Waals surface area contributed by atoms with Crippen LogP contribution in [0.4, 0.5) is 16.9 Å². The van der Waals surface area contributed by atoms with Crippen molar-refractivity contribution >= 4 is 38.6 Å². The van der Waals surface area contributed by atoms with E-state index in [2.05, 4.69) is 58.8 Å². The number of aromatic nitrogens is 4. The quantitative estimate of drug-likeness (QED) is 0.423. The van der Waals surface area contributed by atoms with Gasteiger partial charge in [0.1, 0.15) is 28.5 Å². The maximum atomic E-state index is 6.15. The third kappa shape index (κ3) is 3.93. The lowest BCUT2D eigenvalue weighted by molar-refractivity contribution is 0.311. The number of thiazole rings is 1. The van der Waals surface area contributed by atoms with Gasteiger partial charge in [0, 0.05) is 29.4 Å². The zero-order valence-electron chi connectivity index (χ0n) is 20.3. The van der Waals surface area contributed by atoms with E-state index in [1.54, 1.807) is 0 Å². The van der Waals surface area contributed by atoms with E-state index < -0.39 is 0 Å². The van der Waals surface area contributed by atoms with E-state index in [0.717, 1.165) is 75.7 Å². The number of rotatable bonds is 2. The van der Waals surface area contributed by atoms with Gasteiger partial charge in [-0.25, -0.2) is 15.0 Å². The van der Waals surface area contributed by atoms with Crippen molar-refractivity contribution in [3.05, 3.63) is 46.8 Å². The van der Waals surface area contributed by atoms with Crippen molar-refractivity contribution < 1.29 is 4.74 Å². The van der Waals surface area contributed by atoms with Crippen LogP contribution in [0.3, 0.4) is 0 Å². The third-order valence-corrected chi connectivity index (χ3v) is 7.92. The van der Waals surface area contributed by atoms with Crippen LogP contribution in [0.1, 0.15) is 42.7 Å². The summed E-state index contributed by atoms with van der Waals surface area (Å²) < 4.78 is 6.15. The molecule has 8 nitrogen and oxygen atoms in total. The van der Waals surface area contributed by atoms with E-state index in [-0.39, 0.29) is 5.41 Å². The first kappa shape index (κ1) is 22.0. The minimum absolute atomic E-state index is 0.219. The van der Waals surface area contributed by atoms with Crippen LogP contribution in [-0.4, -0.2) is 33.1 Å². The molecular weight excluding hydrogens is 458 g/mol. The lowest BCUT2D eigenvalue weighted by atomic mass is 9.76.